The number of hydrogen-bond acceptors (Lipinski definition) is 4. The number of rotatable bonds is 5. The average molecular weight is 258 g/mol. The van der Waals surface area contributed by atoms with Crippen molar-refractivity contribution in [1.82, 2.24) is 20.6 Å². The van der Waals surface area contributed by atoms with Crippen LogP contribution in [0.25, 0.3) is 11.0 Å². The first-order valence-corrected chi connectivity index (χ1v) is 6.40. The molecule has 0 fully saturated rings. The van der Waals surface area contributed by atoms with E-state index in [1.165, 1.54) is 6.20 Å². The lowest BCUT2D eigenvalue weighted by Gasteiger charge is -2.08. The van der Waals surface area contributed by atoms with Gasteiger partial charge >= 0.3 is 0 Å². The van der Waals surface area contributed by atoms with Gasteiger partial charge in [0.15, 0.2) is 0 Å². The lowest BCUT2D eigenvalue weighted by atomic mass is 10.3. The first-order chi connectivity index (χ1) is 9.16. The van der Waals surface area contributed by atoms with Gasteiger partial charge in [0.25, 0.3) is 5.91 Å². The van der Waals surface area contributed by atoms with Gasteiger partial charge in [0.1, 0.15) is 5.69 Å². The molecule has 0 spiro atoms. The van der Waals surface area contributed by atoms with Crippen LogP contribution in [0.3, 0.4) is 0 Å². The Hall–Kier alpha value is -2.01. The Morgan fingerprint density at radius 2 is 1.95 bits per heavy atom. The van der Waals surface area contributed by atoms with E-state index in [2.05, 4.69) is 34.4 Å². The van der Waals surface area contributed by atoms with Crippen molar-refractivity contribution in [3.05, 3.63) is 36.2 Å². The highest BCUT2D eigenvalue weighted by Gasteiger charge is 2.08. The van der Waals surface area contributed by atoms with E-state index >= 15 is 0 Å². The highest BCUT2D eigenvalue weighted by molar-refractivity contribution is 5.93. The SMILES string of the molecule is CC(C)NCCNC(=O)c1cnc2ccccc2n1. The molecule has 1 heterocycles. The summed E-state index contributed by atoms with van der Waals surface area (Å²) in [5.41, 5.74) is 1.87. The summed E-state index contributed by atoms with van der Waals surface area (Å²) in [6.45, 7) is 5.45. The Labute approximate surface area is 112 Å². The van der Waals surface area contributed by atoms with E-state index in [4.69, 9.17) is 0 Å². The maximum Gasteiger partial charge on any atom is 0.271 e. The summed E-state index contributed by atoms with van der Waals surface area (Å²) in [5.74, 6) is -0.191. The molecule has 0 aliphatic carbocycles. The monoisotopic (exact) mass is 258 g/mol. The topological polar surface area (TPSA) is 66.9 Å². The van der Waals surface area contributed by atoms with E-state index in [1.807, 2.05) is 24.3 Å². The van der Waals surface area contributed by atoms with Crippen molar-refractivity contribution in [3.63, 3.8) is 0 Å². The second-order valence-corrected chi connectivity index (χ2v) is 4.61. The van der Waals surface area contributed by atoms with Crippen molar-refractivity contribution in [1.29, 1.82) is 0 Å². The molecule has 100 valence electrons. The molecule has 0 saturated carbocycles. The molecule has 1 amide bonds. The van der Waals surface area contributed by atoms with Gasteiger partial charge in [0.05, 0.1) is 17.2 Å². The third-order valence-electron chi connectivity index (χ3n) is 2.64. The van der Waals surface area contributed by atoms with E-state index in [1.54, 1.807) is 0 Å². The molecule has 2 N–H and O–H groups in total. The molecular formula is C14H18N4O. The van der Waals surface area contributed by atoms with Crippen molar-refractivity contribution in [2.45, 2.75) is 19.9 Å². The minimum atomic E-state index is -0.191. The Bertz CT molecular complexity index is 568. The Morgan fingerprint density at radius 1 is 1.21 bits per heavy atom. The fraction of sp³-hybridized carbons (Fsp3) is 0.357. The van der Waals surface area contributed by atoms with Gasteiger partial charge in [-0.05, 0) is 12.1 Å². The van der Waals surface area contributed by atoms with Crippen molar-refractivity contribution >= 4 is 16.9 Å². The van der Waals surface area contributed by atoms with Crippen LogP contribution in [0.15, 0.2) is 30.5 Å². The van der Waals surface area contributed by atoms with E-state index in [0.29, 0.717) is 18.3 Å². The third kappa shape index (κ3) is 3.72. The number of para-hydroxylation sites is 2. The van der Waals surface area contributed by atoms with Crippen LogP contribution < -0.4 is 10.6 Å². The van der Waals surface area contributed by atoms with Gasteiger partial charge < -0.3 is 10.6 Å². The quantitative estimate of drug-likeness (QED) is 0.795. The van der Waals surface area contributed by atoms with Crippen molar-refractivity contribution in [3.8, 4) is 0 Å². The molecule has 0 radical (unpaired) electrons. The summed E-state index contributed by atoms with van der Waals surface area (Å²) in [6.07, 6.45) is 1.51. The maximum absolute atomic E-state index is 11.9. The van der Waals surface area contributed by atoms with Crippen LogP contribution in [0, 0.1) is 0 Å². The number of aromatic nitrogens is 2. The van der Waals surface area contributed by atoms with Crippen LogP contribution in [0.2, 0.25) is 0 Å². The van der Waals surface area contributed by atoms with Crippen LogP contribution in [0.1, 0.15) is 24.3 Å². The number of amides is 1. The number of nitrogens with zero attached hydrogens (tertiary/aromatic N) is 2. The maximum atomic E-state index is 11.9. The van der Waals surface area contributed by atoms with Crippen LogP contribution in [0.5, 0.6) is 0 Å². The van der Waals surface area contributed by atoms with Gasteiger partial charge in [0, 0.05) is 19.1 Å². The zero-order valence-electron chi connectivity index (χ0n) is 11.2. The number of benzene rings is 1. The van der Waals surface area contributed by atoms with Crippen LogP contribution in [-0.2, 0) is 0 Å². The molecule has 0 atom stereocenters. The van der Waals surface area contributed by atoms with E-state index in [0.717, 1.165) is 17.6 Å². The zero-order chi connectivity index (χ0) is 13.7. The normalized spacial score (nSPS) is 10.9. The summed E-state index contributed by atoms with van der Waals surface area (Å²) >= 11 is 0. The smallest absolute Gasteiger partial charge is 0.271 e. The van der Waals surface area contributed by atoms with E-state index in [-0.39, 0.29) is 5.91 Å². The first-order valence-electron chi connectivity index (χ1n) is 6.40. The molecule has 19 heavy (non-hydrogen) atoms. The summed E-state index contributed by atoms with van der Waals surface area (Å²) < 4.78 is 0. The van der Waals surface area contributed by atoms with Gasteiger partial charge in [-0.1, -0.05) is 26.0 Å². The molecule has 0 bridgehead atoms. The summed E-state index contributed by atoms with van der Waals surface area (Å²) in [5, 5.41) is 6.05. The summed E-state index contributed by atoms with van der Waals surface area (Å²) in [6, 6.07) is 7.91. The number of fused-ring (bicyclic) bond motifs is 1. The molecule has 0 saturated heterocycles. The molecule has 5 heteroatoms. The van der Waals surface area contributed by atoms with Crippen molar-refractivity contribution < 1.29 is 4.79 Å². The zero-order valence-corrected chi connectivity index (χ0v) is 11.2. The van der Waals surface area contributed by atoms with Gasteiger partial charge in [-0.15, -0.1) is 0 Å². The van der Waals surface area contributed by atoms with Crippen LogP contribution in [-0.4, -0.2) is 35.0 Å². The van der Waals surface area contributed by atoms with Gasteiger partial charge in [0.2, 0.25) is 0 Å². The minimum Gasteiger partial charge on any atom is -0.349 e. The lowest BCUT2D eigenvalue weighted by molar-refractivity contribution is 0.0948. The second kappa shape index (κ2) is 6.24. The van der Waals surface area contributed by atoms with Gasteiger partial charge in [-0.2, -0.15) is 0 Å². The molecule has 0 aliphatic heterocycles. The molecular weight excluding hydrogens is 240 g/mol. The predicted octanol–water partition coefficient (Wildman–Crippen LogP) is 1.36. The highest BCUT2D eigenvalue weighted by atomic mass is 16.1. The number of hydrogen-bond donors (Lipinski definition) is 2. The Morgan fingerprint density at radius 3 is 2.68 bits per heavy atom. The van der Waals surface area contributed by atoms with E-state index in [9.17, 15) is 4.79 Å². The second-order valence-electron chi connectivity index (χ2n) is 4.61. The number of carbonyl (C=O) groups is 1. The van der Waals surface area contributed by atoms with Crippen LogP contribution in [0.4, 0.5) is 0 Å². The predicted molar refractivity (Wildman–Crippen MR) is 75.0 cm³/mol. The van der Waals surface area contributed by atoms with E-state index < -0.39 is 0 Å². The highest BCUT2D eigenvalue weighted by Crippen LogP contribution is 2.08. The lowest BCUT2D eigenvalue weighted by Crippen LogP contribution is -2.34. The fourth-order valence-electron chi connectivity index (χ4n) is 1.69. The number of carbonyl (C=O) groups excluding carboxylic acids is 1. The molecule has 0 aliphatic rings. The van der Waals surface area contributed by atoms with Crippen molar-refractivity contribution in [2.75, 3.05) is 13.1 Å². The van der Waals surface area contributed by atoms with Gasteiger partial charge in [-0.3, -0.25) is 9.78 Å². The number of nitrogens with one attached hydrogen (secondary N) is 2. The molecule has 5 nitrogen and oxygen atoms in total. The molecule has 0 unspecified atom stereocenters. The molecule has 1 aromatic carbocycles. The fourth-order valence-corrected chi connectivity index (χ4v) is 1.69. The molecule has 1 aromatic heterocycles. The Kier molecular flexibility index (Phi) is 4.41. The third-order valence-corrected chi connectivity index (χ3v) is 2.64. The first kappa shape index (κ1) is 13.4. The largest absolute Gasteiger partial charge is 0.349 e. The minimum absolute atomic E-state index is 0.191. The van der Waals surface area contributed by atoms with Crippen molar-refractivity contribution in [2.24, 2.45) is 0 Å². The standard InChI is InChI=1S/C14H18N4O/c1-10(2)15-7-8-16-14(19)13-9-17-11-5-3-4-6-12(11)18-13/h3-6,9-10,15H,7-8H2,1-2H3,(H,16,19). The van der Waals surface area contributed by atoms with Crippen LogP contribution >= 0.6 is 0 Å². The summed E-state index contributed by atoms with van der Waals surface area (Å²) in [7, 11) is 0. The molecule has 2 aromatic rings. The molecule has 2 rings (SSSR count). The van der Waals surface area contributed by atoms with Gasteiger partial charge in [-0.25, -0.2) is 4.98 Å². The average Bonchev–Trinajstić information content (AvgIpc) is 2.42. The summed E-state index contributed by atoms with van der Waals surface area (Å²) in [4.78, 5) is 20.4. The Balaban J connectivity index is 1.97.